The lowest BCUT2D eigenvalue weighted by Crippen LogP contribution is -2.45. The van der Waals surface area contributed by atoms with Crippen LogP contribution in [0.2, 0.25) is 0 Å². The van der Waals surface area contributed by atoms with Gasteiger partial charge < -0.3 is 20.5 Å². The van der Waals surface area contributed by atoms with Gasteiger partial charge in [-0.2, -0.15) is 0 Å². The maximum atomic E-state index is 12.9. The van der Waals surface area contributed by atoms with Crippen molar-refractivity contribution in [2.45, 2.75) is 70.4 Å². The molecule has 7 nitrogen and oxygen atoms in total. The van der Waals surface area contributed by atoms with Crippen LogP contribution in [0, 0.1) is 0 Å². The summed E-state index contributed by atoms with van der Waals surface area (Å²) in [7, 11) is 1.29. The van der Waals surface area contributed by atoms with Gasteiger partial charge in [0, 0.05) is 25.1 Å². The molecule has 0 aromatic heterocycles. The fourth-order valence-corrected chi connectivity index (χ4v) is 3.85. The lowest BCUT2D eigenvalue weighted by atomic mass is 9.98. The molecule has 0 aliphatic carbocycles. The predicted octanol–water partition coefficient (Wildman–Crippen LogP) is 2.32. The van der Waals surface area contributed by atoms with E-state index in [9.17, 15) is 14.4 Å². The van der Waals surface area contributed by atoms with Crippen LogP contribution >= 0.6 is 0 Å². The number of nitrogens with zero attached hydrogens (tertiary/aromatic N) is 1. The highest BCUT2D eigenvalue weighted by molar-refractivity contribution is 6.01. The van der Waals surface area contributed by atoms with Crippen molar-refractivity contribution >= 4 is 17.8 Å². The SMILES string of the molecule is COC(=O)CCC(C(N)=O)N1Cc2c(CCCCCCCCO)cccc2C1=O. The Morgan fingerprint density at radius 2 is 1.86 bits per heavy atom. The Morgan fingerprint density at radius 3 is 2.52 bits per heavy atom. The number of fused-ring (bicyclic) bond motifs is 1. The molecule has 29 heavy (non-hydrogen) atoms. The van der Waals surface area contributed by atoms with Crippen LogP contribution in [-0.2, 0) is 27.3 Å². The molecule has 0 saturated heterocycles. The zero-order valence-electron chi connectivity index (χ0n) is 17.2. The summed E-state index contributed by atoms with van der Waals surface area (Å²) < 4.78 is 4.63. The van der Waals surface area contributed by atoms with Gasteiger partial charge in [-0.1, -0.05) is 37.8 Å². The Morgan fingerprint density at radius 1 is 1.17 bits per heavy atom. The van der Waals surface area contributed by atoms with Crippen LogP contribution in [-0.4, -0.2) is 47.5 Å². The summed E-state index contributed by atoms with van der Waals surface area (Å²) >= 11 is 0. The van der Waals surface area contributed by atoms with Crippen molar-refractivity contribution in [2.24, 2.45) is 5.73 Å². The average Bonchev–Trinajstić information content (AvgIpc) is 3.04. The molecule has 1 aromatic carbocycles. The molecule has 0 radical (unpaired) electrons. The number of ether oxygens (including phenoxy) is 1. The fraction of sp³-hybridized carbons (Fsp3) is 0.591. The van der Waals surface area contributed by atoms with Crippen molar-refractivity contribution in [3.05, 3.63) is 34.9 Å². The summed E-state index contributed by atoms with van der Waals surface area (Å²) in [5.41, 5.74) is 8.24. The Labute approximate surface area is 172 Å². The zero-order valence-corrected chi connectivity index (χ0v) is 17.2. The van der Waals surface area contributed by atoms with E-state index < -0.39 is 17.9 Å². The van der Waals surface area contributed by atoms with Crippen LogP contribution in [0.4, 0.5) is 0 Å². The van der Waals surface area contributed by atoms with Crippen molar-refractivity contribution in [1.82, 2.24) is 4.90 Å². The molecule has 0 saturated carbocycles. The van der Waals surface area contributed by atoms with Crippen LogP contribution in [0.3, 0.4) is 0 Å². The second-order valence-electron chi connectivity index (χ2n) is 7.50. The molecule has 1 atom stereocenters. The van der Waals surface area contributed by atoms with Crippen LogP contribution in [0.15, 0.2) is 18.2 Å². The maximum Gasteiger partial charge on any atom is 0.305 e. The van der Waals surface area contributed by atoms with Gasteiger partial charge in [0.05, 0.1) is 7.11 Å². The summed E-state index contributed by atoms with van der Waals surface area (Å²) in [5, 5.41) is 8.81. The molecular weight excluding hydrogens is 372 g/mol. The lowest BCUT2D eigenvalue weighted by molar-refractivity contribution is -0.141. The number of carbonyl (C=O) groups is 3. The first-order chi connectivity index (χ1) is 14.0. The number of hydrogen-bond acceptors (Lipinski definition) is 5. The predicted molar refractivity (Wildman–Crippen MR) is 109 cm³/mol. The van der Waals surface area contributed by atoms with E-state index in [1.54, 1.807) is 6.07 Å². The van der Waals surface area contributed by atoms with E-state index in [0.717, 1.165) is 56.1 Å². The third-order valence-electron chi connectivity index (χ3n) is 5.50. The minimum Gasteiger partial charge on any atom is -0.469 e. The van der Waals surface area contributed by atoms with Crippen LogP contribution in [0.1, 0.15) is 72.9 Å². The average molecular weight is 405 g/mol. The lowest BCUT2D eigenvalue weighted by Gasteiger charge is -2.24. The molecule has 0 bridgehead atoms. The fourth-order valence-electron chi connectivity index (χ4n) is 3.85. The van der Waals surface area contributed by atoms with Gasteiger partial charge >= 0.3 is 5.97 Å². The number of amides is 2. The third-order valence-corrected chi connectivity index (χ3v) is 5.50. The first-order valence-electron chi connectivity index (χ1n) is 10.4. The number of aliphatic hydroxyl groups is 1. The van der Waals surface area contributed by atoms with Crippen molar-refractivity contribution in [3.63, 3.8) is 0 Å². The number of primary amides is 1. The molecule has 0 spiro atoms. The van der Waals surface area contributed by atoms with Crippen LogP contribution < -0.4 is 5.73 Å². The van der Waals surface area contributed by atoms with E-state index in [2.05, 4.69) is 4.74 Å². The van der Waals surface area contributed by atoms with E-state index in [0.29, 0.717) is 12.1 Å². The highest BCUT2D eigenvalue weighted by Gasteiger charge is 2.36. The van der Waals surface area contributed by atoms with E-state index in [-0.39, 0.29) is 25.4 Å². The molecule has 1 aromatic rings. The van der Waals surface area contributed by atoms with Crippen molar-refractivity contribution in [2.75, 3.05) is 13.7 Å². The van der Waals surface area contributed by atoms with E-state index in [4.69, 9.17) is 10.8 Å². The number of methoxy groups -OCH3 is 1. The first kappa shape index (κ1) is 22.9. The standard InChI is InChI=1S/C22H32N2O5/c1-29-20(26)13-12-19(21(23)27)24-15-18-16(10-8-11-17(18)22(24)28)9-6-4-2-3-5-7-14-25/h8,10-11,19,25H,2-7,9,12-15H2,1H3,(H2,23,27). The number of carbonyl (C=O) groups excluding carboxylic acids is 3. The van der Waals surface area contributed by atoms with Crippen molar-refractivity contribution < 1.29 is 24.2 Å². The summed E-state index contributed by atoms with van der Waals surface area (Å²) in [6, 6.07) is 4.88. The van der Waals surface area contributed by atoms with Gasteiger partial charge in [-0.3, -0.25) is 14.4 Å². The molecule has 1 heterocycles. The van der Waals surface area contributed by atoms with Crippen molar-refractivity contribution in [1.29, 1.82) is 0 Å². The number of aliphatic hydroxyl groups excluding tert-OH is 1. The number of unbranched alkanes of at least 4 members (excludes halogenated alkanes) is 5. The highest BCUT2D eigenvalue weighted by atomic mass is 16.5. The molecule has 0 fully saturated rings. The van der Waals surface area contributed by atoms with Crippen molar-refractivity contribution in [3.8, 4) is 0 Å². The summed E-state index contributed by atoms with van der Waals surface area (Å²) in [4.78, 5) is 37.7. The Balaban J connectivity index is 1.99. The summed E-state index contributed by atoms with van der Waals surface area (Å²) in [5.74, 6) is -1.25. The number of benzene rings is 1. The molecule has 2 rings (SSSR count). The Hall–Kier alpha value is -2.41. The van der Waals surface area contributed by atoms with Gasteiger partial charge in [-0.05, 0) is 42.9 Å². The third kappa shape index (κ3) is 6.29. The largest absolute Gasteiger partial charge is 0.469 e. The number of aryl methyl sites for hydroxylation is 1. The molecule has 7 heteroatoms. The van der Waals surface area contributed by atoms with E-state index in [1.807, 2.05) is 12.1 Å². The van der Waals surface area contributed by atoms with E-state index >= 15 is 0 Å². The van der Waals surface area contributed by atoms with Gasteiger partial charge in [0.25, 0.3) is 5.91 Å². The number of esters is 1. The topological polar surface area (TPSA) is 110 Å². The monoisotopic (exact) mass is 404 g/mol. The van der Waals surface area contributed by atoms with Crippen LogP contribution in [0.25, 0.3) is 0 Å². The second kappa shape index (κ2) is 11.6. The minimum absolute atomic E-state index is 0.0351. The Kier molecular flexibility index (Phi) is 9.12. The molecule has 3 N–H and O–H groups in total. The quantitative estimate of drug-likeness (QED) is 0.387. The molecule has 1 aliphatic heterocycles. The van der Waals surface area contributed by atoms with E-state index in [1.165, 1.54) is 12.0 Å². The van der Waals surface area contributed by atoms with Gasteiger partial charge in [0.1, 0.15) is 6.04 Å². The van der Waals surface area contributed by atoms with Gasteiger partial charge in [0.15, 0.2) is 0 Å². The van der Waals surface area contributed by atoms with Crippen LogP contribution in [0.5, 0.6) is 0 Å². The number of rotatable bonds is 13. The van der Waals surface area contributed by atoms with Gasteiger partial charge in [0.2, 0.25) is 5.91 Å². The van der Waals surface area contributed by atoms with Gasteiger partial charge in [-0.15, -0.1) is 0 Å². The molecule has 1 unspecified atom stereocenters. The molecule has 2 amide bonds. The maximum absolute atomic E-state index is 12.9. The first-order valence-corrected chi connectivity index (χ1v) is 10.4. The molecule has 1 aliphatic rings. The van der Waals surface area contributed by atoms with Gasteiger partial charge in [-0.25, -0.2) is 0 Å². The minimum atomic E-state index is -0.826. The highest BCUT2D eigenvalue weighted by Crippen LogP contribution is 2.30. The number of hydrogen-bond donors (Lipinski definition) is 2. The molecular formula is C22H32N2O5. The molecule has 160 valence electrons. The Bertz CT molecular complexity index is 719. The number of nitrogens with two attached hydrogens (primary N) is 1. The smallest absolute Gasteiger partial charge is 0.305 e. The summed E-state index contributed by atoms with van der Waals surface area (Å²) in [6.07, 6.45) is 7.40. The summed E-state index contributed by atoms with van der Waals surface area (Å²) in [6.45, 7) is 0.599. The normalized spacial score (nSPS) is 14.0. The zero-order chi connectivity index (χ0) is 21.2. The second-order valence-corrected chi connectivity index (χ2v) is 7.50.